The number of hydroxylamine groups is 1. The van der Waals surface area contributed by atoms with Crippen LogP contribution in [-0.2, 0) is 16.2 Å². The van der Waals surface area contributed by atoms with Gasteiger partial charge in [-0.1, -0.05) is 30.3 Å². The van der Waals surface area contributed by atoms with Crippen molar-refractivity contribution in [3.05, 3.63) is 35.9 Å². The summed E-state index contributed by atoms with van der Waals surface area (Å²) in [5.74, 6) is -1.08. The molecule has 1 saturated carbocycles. The van der Waals surface area contributed by atoms with Gasteiger partial charge in [-0.15, -0.1) is 0 Å². The second-order valence-electron chi connectivity index (χ2n) is 5.43. The summed E-state index contributed by atoms with van der Waals surface area (Å²) in [5, 5.41) is 19.3. The van der Waals surface area contributed by atoms with Crippen LogP contribution in [0.5, 0.6) is 0 Å². The lowest BCUT2D eigenvalue weighted by atomic mass is 9.79. The van der Waals surface area contributed by atoms with Crippen molar-refractivity contribution in [3.8, 4) is 0 Å². The van der Waals surface area contributed by atoms with Crippen molar-refractivity contribution in [2.45, 2.75) is 37.9 Å². The fourth-order valence-electron chi connectivity index (χ4n) is 2.47. The standard InChI is InChI=1S/C15H21NO4/c17-14(18)13-6-8-15(19,9-7-13)11-16-20-10-12-4-2-1-3-5-12/h1-5,13,16,19H,6-11H2,(H,17,18). The number of aliphatic carboxylic acids is 1. The zero-order valence-corrected chi connectivity index (χ0v) is 11.4. The molecule has 1 aromatic carbocycles. The van der Waals surface area contributed by atoms with Crippen molar-refractivity contribution in [1.29, 1.82) is 0 Å². The molecule has 0 spiro atoms. The van der Waals surface area contributed by atoms with E-state index in [1.54, 1.807) is 0 Å². The summed E-state index contributed by atoms with van der Waals surface area (Å²) in [7, 11) is 0. The van der Waals surface area contributed by atoms with Gasteiger partial charge >= 0.3 is 5.97 Å². The first-order valence-electron chi connectivity index (χ1n) is 6.93. The zero-order valence-electron chi connectivity index (χ0n) is 11.4. The predicted molar refractivity (Wildman–Crippen MR) is 73.8 cm³/mol. The molecule has 0 saturated heterocycles. The van der Waals surface area contributed by atoms with Crippen LogP contribution in [0, 0.1) is 5.92 Å². The van der Waals surface area contributed by atoms with E-state index in [9.17, 15) is 9.90 Å². The molecule has 2 rings (SSSR count). The van der Waals surface area contributed by atoms with Crippen LogP contribution in [0.25, 0.3) is 0 Å². The van der Waals surface area contributed by atoms with Gasteiger partial charge in [0.25, 0.3) is 0 Å². The molecule has 0 atom stereocenters. The quantitative estimate of drug-likeness (QED) is 0.546. The Labute approximate surface area is 118 Å². The van der Waals surface area contributed by atoms with E-state index in [0.717, 1.165) is 5.56 Å². The van der Waals surface area contributed by atoms with Crippen LogP contribution in [0.2, 0.25) is 0 Å². The lowest BCUT2D eigenvalue weighted by Crippen LogP contribution is -2.44. The van der Waals surface area contributed by atoms with Crippen LogP contribution in [0.4, 0.5) is 0 Å². The molecule has 0 heterocycles. The predicted octanol–water partition coefficient (Wildman–Crippen LogP) is 1.71. The highest BCUT2D eigenvalue weighted by Crippen LogP contribution is 2.31. The molecule has 0 bridgehead atoms. The molecule has 1 fully saturated rings. The number of nitrogens with one attached hydrogen (secondary N) is 1. The summed E-state index contributed by atoms with van der Waals surface area (Å²) in [6.45, 7) is 0.765. The Kier molecular flexibility index (Phi) is 5.11. The largest absolute Gasteiger partial charge is 0.481 e. The Morgan fingerprint density at radius 3 is 2.55 bits per heavy atom. The average molecular weight is 279 g/mol. The first-order valence-corrected chi connectivity index (χ1v) is 6.93. The number of rotatable bonds is 6. The van der Waals surface area contributed by atoms with Crippen LogP contribution in [0.3, 0.4) is 0 Å². The average Bonchev–Trinajstić information content (AvgIpc) is 2.45. The summed E-state index contributed by atoms with van der Waals surface area (Å²) in [6.07, 6.45) is 2.02. The van der Waals surface area contributed by atoms with Crippen molar-refractivity contribution in [2.75, 3.05) is 6.54 Å². The molecular formula is C15H21NO4. The molecule has 0 aromatic heterocycles. The molecule has 3 N–H and O–H groups in total. The van der Waals surface area contributed by atoms with E-state index in [4.69, 9.17) is 9.94 Å². The number of hydrogen-bond donors (Lipinski definition) is 3. The van der Waals surface area contributed by atoms with Gasteiger partial charge in [0.15, 0.2) is 0 Å². The normalized spacial score (nSPS) is 26.4. The highest BCUT2D eigenvalue weighted by molar-refractivity contribution is 5.70. The Morgan fingerprint density at radius 2 is 1.95 bits per heavy atom. The van der Waals surface area contributed by atoms with Crippen LogP contribution in [-0.4, -0.2) is 28.3 Å². The minimum atomic E-state index is -0.858. The number of benzene rings is 1. The SMILES string of the molecule is O=C(O)C1CCC(O)(CNOCc2ccccc2)CC1. The number of hydrogen-bond acceptors (Lipinski definition) is 4. The zero-order chi connectivity index (χ0) is 14.4. The smallest absolute Gasteiger partial charge is 0.306 e. The summed E-state index contributed by atoms with van der Waals surface area (Å²) in [5.41, 5.74) is 2.99. The summed E-state index contributed by atoms with van der Waals surface area (Å²) < 4.78 is 0. The maximum atomic E-state index is 10.9. The van der Waals surface area contributed by atoms with Crippen molar-refractivity contribution in [3.63, 3.8) is 0 Å². The lowest BCUT2D eigenvalue weighted by Gasteiger charge is -2.34. The highest BCUT2D eigenvalue weighted by Gasteiger charge is 2.35. The number of carboxylic acids is 1. The highest BCUT2D eigenvalue weighted by atomic mass is 16.6. The molecule has 1 aromatic rings. The summed E-state index contributed by atoms with van der Waals surface area (Å²) in [4.78, 5) is 16.2. The monoisotopic (exact) mass is 279 g/mol. The van der Waals surface area contributed by atoms with E-state index in [1.165, 1.54) is 0 Å². The van der Waals surface area contributed by atoms with Gasteiger partial charge in [-0.2, -0.15) is 5.48 Å². The topological polar surface area (TPSA) is 78.8 Å². The van der Waals surface area contributed by atoms with Crippen LogP contribution in [0.1, 0.15) is 31.2 Å². The van der Waals surface area contributed by atoms with Crippen molar-refractivity contribution in [1.82, 2.24) is 5.48 Å². The summed E-state index contributed by atoms with van der Waals surface area (Å²) >= 11 is 0. The molecule has 0 amide bonds. The second-order valence-corrected chi connectivity index (χ2v) is 5.43. The second kappa shape index (κ2) is 6.83. The Morgan fingerprint density at radius 1 is 1.30 bits per heavy atom. The number of carbonyl (C=O) groups is 1. The first-order chi connectivity index (χ1) is 9.59. The van der Waals surface area contributed by atoms with E-state index in [1.807, 2.05) is 30.3 Å². The molecular weight excluding hydrogens is 258 g/mol. The van der Waals surface area contributed by atoms with Crippen LogP contribution < -0.4 is 5.48 Å². The van der Waals surface area contributed by atoms with Gasteiger partial charge in [-0.05, 0) is 31.2 Å². The minimum Gasteiger partial charge on any atom is -0.481 e. The van der Waals surface area contributed by atoms with E-state index in [-0.39, 0.29) is 5.92 Å². The fraction of sp³-hybridized carbons (Fsp3) is 0.533. The molecule has 20 heavy (non-hydrogen) atoms. The van der Waals surface area contributed by atoms with E-state index >= 15 is 0 Å². The molecule has 110 valence electrons. The van der Waals surface area contributed by atoms with E-state index in [2.05, 4.69) is 5.48 Å². The summed E-state index contributed by atoms with van der Waals surface area (Å²) in [6, 6.07) is 9.77. The number of carboxylic acid groups (broad SMARTS) is 1. The third-order valence-electron chi connectivity index (χ3n) is 3.85. The van der Waals surface area contributed by atoms with Gasteiger partial charge in [0, 0.05) is 6.54 Å². The van der Waals surface area contributed by atoms with Crippen molar-refractivity contribution < 1.29 is 19.8 Å². The maximum Gasteiger partial charge on any atom is 0.306 e. The van der Waals surface area contributed by atoms with Crippen molar-refractivity contribution in [2.24, 2.45) is 5.92 Å². The van der Waals surface area contributed by atoms with Crippen LogP contribution in [0.15, 0.2) is 30.3 Å². The third kappa shape index (κ3) is 4.30. The molecule has 5 nitrogen and oxygen atoms in total. The van der Waals surface area contributed by atoms with Gasteiger partial charge in [-0.25, -0.2) is 0 Å². The molecule has 0 aliphatic heterocycles. The molecule has 1 aliphatic rings. The third-order valence-corrected chi connectivity index (χ3v) is 3.85. The van der Waals surface area contributed by atoms with Gasteiger partial charge < -0.3 is 10.2 Å². The van der Waals surface area contributed by atoms with Gasteiger partial charge in [-0.3, -0.25) is 9.63 Å². The van der Waals surface area contributed by atoms with E-state index < -0.39 is 11.6 Å². The fourth-order valence-corrected chi connectivity index (χ4v) is 2.47. The van der Waals surface area contributed by atoms with E-state index in [0.29, 0.717) is 38.8 Å². The molecule has 0 unspecified atom stereocenters. The Hall–Kier alpha value is -1.43. The maximum absolute atomic E-state index is 10.9. The van der Waals surface area contributed by atoms with Crippen LogP contribution >= 0.6 is 0 Å². The number of aliphatic hydroxyl groups is 1. The minimum absolute atomic E-state index is 0.319. The first kappa shape index (κ1) is 15.0. The van der Waals surface area contributed by atoms with Crippen molar-refractivity contribution >= 4 is 5.97 Å². The van der Waals surface area contributed by atoms with Gasteiger partial charge in [0.2, 0.25) is 0 Å². The Bertz CT molecular complexity index is 427. The molecule has 1 aliphatic carbocycles. The van der Waals surface area contributed by atoms with Gasteiger partial charge in [0.05, 0.1) is 18.1 Å². The molecule has 5 heteroatoms. The lowest BCUT2D eigenvalue weighted by molar-refractivity contribution is -0.145. The Balaban J connectivity index is 1.68. The molecule has 0 radical (unpaired) electrons. The van der Waals surface area contributed by atoms with Gasteiger partial charge in [0.1, 0.15) is 0 Å².